The van der Waals surface area contributed by atoms with Crippen molar-refractivity contribution < 1.29 is 0 Å². The maximum Gasteiger partial charge on any atom is 0.0890 e. The predicted octanol–water partition coefficient (Wildman–Crippen LogP) is 2.43. The minimum atomic E-state index is 0. The average molecular weight is 331 g/mol. The van der Waals surface area contributed by atoms with Gasteiger partial charge in [0, 0.05) is 38.2 Å². The molecule has 0 aliphatic carbocycles. The molecule has 1 aromatic carbocycles. The first kappa shape index (κ1) is 16.9. The second kappa shape index (κ2) is 8.26. The molecule has 0 unspecified atom stereocenters. The third-order valence-corrected chi connectivity index (χ3v) is 3.30. The van der Waals surface area contributed by atoms with Crippen molar-refractivity contribution in [2.75, 3.05) is 23.7 Å². The standard InChI is InChI=1S/C16H18N6.ClH/c17-4-6-19-14-3-5-18-11-16(14)22-10-12-1-2-13-15(9-12)21-8-7-20-13;/h1-3,5,7-9,11,22H,4,6,10,17H2,(H,18,19);1H. The molecule has 7 heteroatoms. The number of aromatic nitrogens is 3. The Bertz CT molecular complexity index is 764. The molecule has 0 amide bonds. The molecule has 3 rings (SSSR count). The Labute approximate surface area is 141 Å². The van der Waals surface area contributed by atoms with Crippen molar-refractivity contribution in [1.29, 1.82) is 0 Å². The van der Waals surface area contributed by atoms with Gasteiger partial charge in [-0.25, -0.2) is 0 Å². The van der Waals surface area contributed by atoms with E-state index in [9.17, 15) is 0 Å². The fourth-order valence-electron chi connectivity index (χ4n) is 2.21. The van der Waals surface area contributed by atoms with Crippen molar-refractivity contribution in [3.05, 3.63) is 54.6 Å². The number of hydrogen-bond acceptors (Lipinski definition) is 6. The molecule has 2 heterocycles. The van der Waals surface area contributed by atoms with E-state index in [1.54, 1.807) is 24.8 Å². The second-order valence-corrected chi connectivity index (χ2v) is 4.87. The first-order valence-corrected chi connectivity index (χ1v) is 7.18. The molecule has 0 spiro atoms. The molecule has 0 saturated heterocycles. The van der Waals surface area contributed by atoms with Crippen molar-refractivity contribution in [2.24, 2.45) is 5.73 Å². The van der Waals surface area contributed by atoms with Gasteiger partial charge in [0.15, 0.2) is 0 Å². The van der Waals surface area contributed by atoms with Crippen LogP contribution in [-0.2, 0) is 6.54 Å². The highest BCUT2D eigenvalue weighted by atomic mass is 35.5. The van der Waals surface area contributed by atoms with Gasteiger partial charge in [-0.05, 0) is 23.8 Å². The van der Waals surface area contributed by atoms with Gasteiger partial charge in [0.2, 0.25) is 0 Å². The first-order valence-electron chi connectivity index (χ1n) is 7.18. The van der Waals surface area contributed by atoms with Crippen LogP contribution in [0.1, 0.15) is 5.56 Å². The largest absolute Gasteiger partial charge is 0.382 e. The fourth-order valence-corrected chi connectivity index (χ4v) is 2.21. The monoisotopic (exact) mass is 330 g/mol. The highest BCUT2D eigenvalue weighted by Gasteiger charge is 2.03. The summed E-state index contributed by atoms with van der Waals surface area (Å²) in [6.07, 6.45) is 6.97. The quantitative estimate of drug-likeness (QED) is 0.643. The number of fused-ring (bicyclic) bond motifs is 1. The number of nitrogens with two attached hydrogens (primary N) is 1. The molecule has 0 saturated carbocycles. The Hall–Kier alpha value is -2.44. The Kier molecular flexibility index (Phi) is 6.08. The van der Waals surface area contributed by atoms with Crippen LogP contribution in [-0.4, -0.2) is 28.0 Å². The van der Waals surface area contributed by atoms with E-state index in [1.807, 2.05) is 24.3 Å². The smallest absolute Gasteiger partial charge is 0.0890 e. The number of anilines is 2. The van der Waals surface area contributed by atoms with E-state index in [4.69, 9.17) is 5.73 Å². The normalized spacial score (nSPS) is 10.1. The van der Waals surface area contributed by atoms with Crippen LogP contribution in [0.4, 0.5) is 11.4 Å². The summed E-state index contributed by atoms with van der Waals surface area (Å²) in [5, 5.41) is 6.67. The van der Waals surface area contributed by atoms with E-state index < -0.39 is 0 Å². The molecule has 2 aromatic heterocycles. The van der Waals surface area contributed by atoms with Crippen molar-refractivity contribution in [1.82, 2.24) is 15.0 Å². The number of benzene rings is 1. The Morgan fingerprint density at radius 1 is 0.913 bits per heavy atom. The van der Waals surface area contributed by atoms with E-state index >= 15 is 0 Å². The van der Waals surface area contributed by atoms with Crippen LogP contribution in [0.15, 0.2) is 49.1 Å². The molecule has 3 aromatic rings. The summed E-state index contributed by atoms with van der Waals surface area (Å²) in [5.74, 6) is 0. The van der Waals surface area contributed by atoms with Crippen molar-refractivity contribution >= 4 is 34.8 Å². The lowest BCUT2D eigenvalue weighted by Crippen LogP contribution is -2.14. The molecule has 0 aliphatic rings. The maximum absolute atomic E-state index is 5.53. The van der Waals surface area contributed by atoms with Crippen molar-refractivity contribution in [3.8, 4) is 0 Å². The number of nitrogens with one attached hydrogen (secondary N) is 2. The molecule has 0 radical (unpaired) electrons. The Morgan fingerprint density at radius 2 is 1.74 bits per heavy atom. The highest BCUT2D eigenvalue weighted by Crippen LogP contribution is 2.20. The van der Waals surface area contributed by atoms with Gasteiger partial charge in [0.1, 0.15) is 0 Å². The fraction of sp³-hybridized carbons (Fsp3) is 0.188. The van der Waals surface area contributed by atoms with Gasteiger partial charge < -0.3 is 16.4 Å². The van der Waals surface area contributed by atoms with Crippen LogP contribution in [0.25, 0.3) is 11.0 Å². The molecule has 120 valence electrons. The lowest BCUT2D eigenvalue weighted by molar-refractivity contribution is 1.02. The first-order chi connectivity index (χ1) is 10.9. The lowest BCUT2D eigenvalue weighted by Gasteiger charge is -2.13. The van der Waals surface area contributed by atoms with Crippen molar-refractivity contribution in [2.45, 2.75) is 6.54 Å². The van der Waals surface area contributed by atoms with Gasteiger partial charge >= 0.3 is 0 Å². The van der Waals surface area contributed by atoms with Crippen LogP contribution in [0.2, 0.25) is 0 Å². The molecular formula is C16H19ClN6. The maximum atomic E-state index is 5.53. The van der Waals surface area contributed by atoms with Gasteiger partial charge in [-0.1, -0.05) is 6.07 Å². The average Bonchev–Trinajstić information content (AvgIpc) is 2.58. The third kappa shape index (κ3) is 4.28. The molecule has 0 aliphatic heterocycles. The molecule has 4 N–H and O–H groups in total. The zero-order chi connectivity index (χ0) is 15.2. The number of hydrogen-bond donors (Lipinski definition) is 3. The Balaban J connectivity index is 0.00000192. The van der Waals surface area contributed by atoms with E-state index in [1.165, 1.54) is 0 Å². The van der Waals surface area contributed by atoms with E-state index in [2.05, 4.69) is 25.6 Å². The zero-order valence-corrected chi connectivity index (χ0v) is 13.4. The van der Waals surface area contributed by atoms with Gasteiger partial charge in [-0.3, -0.25) is 15.0 Å². The van der Waals surface area contributed by atoms with Crippen LogP contribution in [0, 0.1) is 0 Å². The number of nitrogens with zero attached hydrogens (tertiary/aromatic N) is 3. The number of pyridine rings is 1. The summed E-state index contributed by atoms with van der Waals surface area (Å²) < 4.78 is 0. The van der Waals surface area contributed by atoms with Crippen molar-refractivity contribution in [3.63, 3.8) is 0 Å². The molecule has 0 atom stereocenters. The summed E-state index contributed by atoms with van der Waals surface area (Å²) in [6.45, 7) is 2.00. The predicted molar refractivity (Wildman–Crippen MR) is 95.9 cm³/mol. The van der Waals surface area contributed by atoms with Gasteiger partial charge in [-0.15, -0.1) is 12.4 Å². The van der Waals surface area contributed by atoms with Gasteiger partial charge in [0.25, 0.3) is 0 Å². The van der Waals surface area contributed by atoms with Crippen LogP contribution >= 0.6 is 12.4 Å². The summed E-state index contributed by atoms with van der Waals surface area (Å²) in [6, 6.07) is 8.01. The Morgan fingerprint density at radius 3 is 2.57 bits per heavy atom. The van der Waals surface area contributed by atoms with Crippen LogP contribution in [0.5, 0.6) is 0 Å². The highest BCUT2D eigenvalue weighted by molar-refractivity contribution is 5.85. The number of rotatable bonds is 6. The van der Waals surface area contributed by atoms with E-state index in [0.717, 1.165) is 34.5 Å². The van der Waals surface area contributed by atoms with Crippen LogP contribution < -0.4 is 16.4 Å². The summed E-state index contributed by atoms with van der Waals surface area (Å²) in [5.41, 5.74) is 10.4. The summed E-state index contributed by atoms with van der Waals surface area (Å²) in [4.78, 5) is 12.8. The summed E-state index contributed by atoms with van der Waals surface area (Å²) in [7, 11) is 0. The molecule has 6 nitrogen and oxygen atoms in total. The zero-order valence-electron chi connectivity index (χ0n) is 12.6. The molecule has 0 bridgehead atoms. The lowest BCUT2D eigenvalue weighted by atomic mass is 10.2. The number of halogens is 1. The molecule has 0 fully saturated rings. The SMILES string of the molecule is Cl.NCCNc1ccncc1NCc1ccc2nccnc2c1. The minimum Gasteiger partial charge on any atom is -0.382 e. The van der Waals surface area contributed by atoms with E-state index in [0.29, 0.717) is 13.1 Å². The minimum absolute atomic E-state index is 0. The molecule has 23 heavy (non-hydrogen) atoms. The molecular weight excluding hydrogens is 312 g/mol. The summed E-state index contributed by atoms with van der Waals surface area (Å²) >= 11 is 0. The third-order valence-electron chi connectivity index (χ3n) is 3.30. The van der Waals surface area contributed by atoms with Gasteiger partial charge in [0.05, 0.1) is 28.6 Å². The van der Waals surface area contributed by atoms with E-state index in [-0.39, 0.29) is 12.4 Å². The van der Waals surface area contributed by atoms with Crippen LogP contribution in [0.3, 0.4) is 0 Å². The topological polar surface area (TPSA) is 88.8 Å². The second-order valence-electron chi connectivity index (χ2n) is 4.87. The van der Waals surface area contributed by atoms with Gasteiger partial charge in [-0.2, -0.15) is 0 Å².